The minimum absolute atomic E-state index is 0.106. The molecular formula is C17H15NO3. The van der Waals surface area contributed by atoms with Gasteiger partial charge in [-0.1, -0.05) is 24.3 Å². The molecule has 21 heavy (non-hydrogen) atoms. The van der Waals surface area contributed by atoms with Crippen LogP contribution >= 0.6 is 0 Å². The number of methoxy groups -OCH3 is 2. The SMILES string of the molecule is COc1ccc(C2=C(N)c3cccc(OC)c3C2=O)cc1. The van der Waals surface area contributed by atoms with Gasteiger partial charge in [-0.2, -0.15) is 0 Å². The molecule has 106 valence electrons. The molecule has 2 aromatic rings. The van der Waals surface area contributed by atoms with E-state index < -0.39 is 0 Å². The Morgan fingerprint density at radius 3 is 2.29 bits per heavy atom. The van der Waals surface area contributed by atoms with E-state index >= 15 is 0 Å². The molecular weight excluding hydrogens is 266 g/mol. The fourth-order valence-electron chi connectivity index (χ4n) is 2.59. The molecule has 0 fully saturated rings. The highest BCUT2D eigenvalue weighted by atomic mass is 16.5. The number of hydrogen-bond donors (Lipinski definition) is 1. The molecule has 4 heteroatoms. The zero-order valence-corrected chi connectivity index (χ0v) is 11.8. The van der Waals surface area contributed by atoms with Crippen molar-refractivity contribution in [2.45, 2.75) is 0 Å². The highest BCUT2D eigenvalue weighted by Gasteiger charge is 2.31. The zero-order valence-electron chi connectivity index (χ0n) is 11.8. The summed E-state index contributed by atoms with van der Waals surface area (Å²) in [6, 6.07) is 12.7. The predicted molar refractivity (Wildman–Crippen MR) is 81.3 cm³/mol. The Labute approximate surface area is 122 Å². The molecule has 0 unspecified atom stereocenters. The normalized spacial score (nSPS) is 13.3. The third kappa shape index (κ3) is 1.96. The van der Waals surface area contributed by atoms with Crippen molar-refractivity contribution in [3.05, 3.63) is 59.2 Å². The van der Waals surface area contributed by atoms with Gasteiger partial charge in [0, 0.05) is 5.56 Å². The van der Waals surface area contributed by atoms with Crippen molar-refractivity contribution in [3.63, 3.8) is 0 Å². The van der Waals surface area contributed by atoms with E-state index in [1.807, 2.05) is 36.4 Å². The van der Waals surface area contributed by atoms with E-state index in [1.165, 1.54) is 0 Å². The van der Waals surface area contributed by atoms with Crippen LogP contribution in [0.15, 0.2) is 42.5 Å². The zero-order chi connectivity index (χ0) is 15.0. The Bertz CT molecular complexity index is 745. The van der Waals surface area contributed by atoms with Crippen molar-refractivity contribution < 1.29 is 14.3 Å². The van der Waals surface area contributed by atoms with Gasteiger partial charge in [0.15, 0.2) is 5.78 Å². The molecule has 0 saturated carbocycles. The average molecular weight is 281 g/mol. The summed E-state index contributed by atoms with van der Waals surface area (Å²) in [6.07, 6.45) is 0. The average Bonchev–Trinajstić information content (AvgIpc) is 2.79. The van der Waals surface area contributed by atoms with Crippen LogP contribution in [0.3, 0.4) is 0 Å². The van der Waals surface area contributed by atoms with Crippen LogP contribution in [0.2, 0.25) is 0 Å². The number of allylic oxidation sites excluding steroid dienone is 1. The van der Waals surface area contributed by atoms with Crippen molar-refractivity contribution in [1.82, 2.24) is 0 Å². The fraction of sp³-hybridized carbons (Fsp3) is 0.118. The smallest absolute Gasteiger partial charge is 0.200 e. The molecule has 0 heterocycles. The molecule has 1 aliphatic rings. The Balaban J connectivity index is 2.12. The van der Waals surface area contributed by atoms with Gasteiger partial charge in [0.2, 0.25) is 0 Å². The number of carbonyl (C=O) groups is 1. The van der Waals surface area contributed by atoms with Crippen LogP contribution in [0.5, 0.6) is 11.5 Å². The van der Waals surface area contributed by atoms with Crippen LogP contribution in [0.4, 0.5) is 0 Å². The van der Waals surface area contributed by atoms with E-state index in [-0.39, 0.29) is 5.78 Å². The largest absolute Gasteiger partial charge is 0.497 e. The standard InChI is InChI=1S/C17H15NO3/c1-20-11-8-6-10(7-9-11)14-16(18)12-4-3-5-13(21-2)15(12)17(14)19/h3-9H,18H2,1-2H3. The van der Waals surface area contributed by atoms with Crippen molar-refractivity contribution in [2.75, 3.05) is 14.2 Å². The molecule has 2 N–H and O–H groups in total. The van der Waals surface area contributed by atoms with Crippen LogP contribution in [0.1, 0.15) is 21.5 Å². The van der Waals surface area contributed by atoms with Gasteiger partial charge in [-0.25, -0.2) is 0 Å². The summed E-state index contributed by atoms with van der Waals surface area (Å²) in [5.41, 5.74) is 9.21. The number of hydrogen-bond acceptors (Lipinski definition) is 4. The van der Waals surface area contributed by atoms with Gasteiger partial charge in [-0.3, -0.25) is 4.79 Å². The molecule has 0 amide bonds. The summed E-state index contributed by atoms with van der Waals surface area (Å²) in [6.45, 7) is 0. The molecule has 0 aromatic heterocycles. The number of ether oxygens (including phenoxy) is 2. The first-order chi connectivity index (χ1) is 10.2. The summed E-state index contributed by atoms with van der Waals surface area (Å²) < 4.78 is 10.4. The van der Waals surface area contributed by atoms with Crippen molar-refractivity contribution in [2.24, 2.45) is 5.73 Å². The minimum atomic E-state index is -0.106. The number of benzene rings is 2. The minimum Gasteiger partial charge on any atom is -0.497 e. The molecule has 0 radical (unpaired) electrons. The van der Waals surface area contributed by atoms with Gasteiger partial charge < -0.3 is 15.2 Å². The summed E-state index contributed by atoms with van der Waals surface area (Å²) in [7, 11) is 3.15. The molecule has 4 nitrogen and oxygen atoms in total. The van der Waals surface area contributed by atoms with Gasteiger partial charge in [0.05, 0.1) is 31.1 Å². The molecule has 0 atom stereocenters. The highest BCUT2D eigenvalue weighted by molar-refractivity contribution is 6.40. The predicted octanol–water partition coefficient (Wildman–Crippen LogP) is 2.73. The number of fused-ring (bicyclic) bond motifs is 1. The van der Waals surface area contributed by atoms with Crippen molar-refractivity contribution >= 4 is 17.1 Å². The van der Waals surface area contributed by atoms with Crippen molar-refractivity contribution in [3.8, 4) is 11.5 Å². The van der Waals surface area contributed by atoms with Crippen LogP contribution in [0, 0.1) is 0 Å². The molecule has 3 rings (SSSR count). The first kappa shape index (κ1) is 13.2. The lowest BCUT2D eigenvalue weighted by atomic mass is 10.0. The first-order valence-electron chi connectivity index (χ1n) is 6.53. The second-order valence-corrected chi connectivity index (χ2v) is 4.73. The van der Waals surface area contributed by atoms with E-state index in [2.05, 4.69) is 0 Å². The highest BCUT2D eigenvalue weighted by Crippen LogP contribution is 2.40. The summed E-state index contributed by atoms with van der Waals surface area (Å²) in [5.74, 6) is 1.17. The quantitative estimate of drug-likeness (QED) is 0.939. The summed E-state index contributed by atoms with van der Waals surface area (Å²) >= 11 is 0. The Morgan fingerprint density at radius 1 is 0.952 bits per heavy atom. The Morgan fingerprint density at radius 2 is 1.67 bits per heavy atom. The van der Waals surface area contributed by atoms with Gasteiger partial charge in [-0.05, 0) is 23.8 Å². The van der Waals surface area contributed by atoms with Gasteiger partial charge in [-0.15, -0.1) is 0 Å². The topological polar surface area (TPSA) is 61.6 Å². The third-order valence-corrected chi connectivity index (χ3v) is 3.64. The number of rotatable bonds is 3. The van der Waals surface area contributed by atoms with Crippen LogP contribution in [-0.4, -0.2) is 20.0 Å². The van der Waals surface area contributed by atoms with Gasteiger partial charge in [0.25, 0.3) is 0 Å². The fourth-order valence-corrected chi connectivity index (χ4v) is 2.59. The number of carbonyl (C=O) groups excluding carboxylic acids is 1. The molecule has 0 spiro atoms. The third-order valence-electron chi connectivity index (χ3n) is 3.64. The van der Waals surface area contributed by atoms with E-state index in [4.69, 9.17) is 15.2 Å². The molecule has 1 aliphatic carbocycles. The summed E-state index contributed by atoms with van der Waals surface area (Å²) in [4.78, 5) is 12.7. The van der Waals surface area contributed by atoms with E-state index in [1.54, 1.807) is 20.3 Å². The van der Waals surface area contributed by atoms with Crippen molar-refractivity contribution in [1.29, 1.82) is 0 Å². The maximum absolute atomic E-state index is 12.7. The van der Waals surface area contributed by atoms with E-state index in [9.17, 15) is 4.79 Å². The second kappa shape index (κ2) is 4.98. The molecule has 0 saturated heterocycles. The summed E-state index contributed by atoms with van der Waals surface area (Å²) in [5, 5.41) is 0. The molecule has 0 aliphatic heterocycles. The molecule has 0 bridgehead atoms. The maximum Gasteiger partial charge on any atom is 0.200 e. The van der Waals surface area contributed by atoms with E-state index in [0.717, 1.165) is 16.9 Å². The van der Waals surface area contributed by atoms with Crippen LogP contribution < -0.4 is 15.2 Å². The lowest BCUT2D eigenvalue weighted by molar-refractivity contribution is 0.105. The lowest BCUT2D eigenvalue weighted by Crippen LogP contribution is -2.01. The first-order valence-corrected chi connectivity index (χ1v) is 6.53. The lowest BCUT2D eigenvalue weighted by Gasteiger charge is -2.06. The second-order valence-electron chi connectivity index (χ2n) is 4.73. The number of nitrogens with two attached hydrogens (primary N) is 1. The monoisotopic (exact) mass is 281 g/mol. The maximum atomic E-state index is 12.7. The van der Waals surface area contributed by atoms with Crippen LogP contribution in [0.25, 0.3) is 11.3 Å². The number of ketones is 1. The number of Topliss-reactive ketones (excluding diaryl/α,β-unsaturated/α-hetero) is 1. The Hall–Kier alpha value is -2.75. The Kier molecular flexibility index (Phi) is 3.14. The molecule has 2 aromatic carbocycles. The van der Waals surface area contributed by atoms with Gasteiger partial charge in [0.1, 0.15) is 11.5 Å². The van der Waals surface area contributed by atoms with E-state index in [0.29, 0.717) is 22.6 Å². The van der Waals surface area contributed by atoms with Crippen LogP contribution in [-0.2, 0) is 0 Å². The van der Waals surface area contributed by atoms with Gasteiger partial charge >= 0.3 is 0 Å².